The van der Waals surface area contributed by atoms with Gasteiger partial charge in [-0.2, -0.15) is 5.10 Å². The van der Waals surface area contributed by atoms with E-state index in [-0.39, 0.29) is 0 Å². The predicted molar refractivity (Wildman–Crippen MR) is 58.5 cm³/mol. The number of aliphatic hydroxyl groups is 1. The molecule has 1 atom stereocenters. The zero-order valence-electron chi connectivity index (χ0n) is 9.45. The van der Waals surface area contributed by atoms with Crippen LogP contribution in [0.4, 0.5) is 0 Å². The summed E-state index contributed by atoms with van der Waals surface area (Å²) in [5, 5.41) is 15.0. The minimum atomic E-state index is -0.735. The van der Waals surface area contributed by atoms with E-state index in [2.05, 4.69) is 5.10 Å². The van der Waals surface area contributed by atoms with E-state index in [1.165, 1.54) is 5.69 Å². The van der Waals surface area contributed by atoms with E-state index in [0.717, 1.165) is 30.5 Å². The van der Waals surface area contributed by atoms with Crippen molar-refractivity contribution in [3.8, 4) is 0 Å². The molecule has 0 fully saturated rings. The van der Waals surface area contributed by atoms with E-state index < -0.39 is 5.60 Å². The maximum atomic E-state index is 10.6. The molecule has 1 unspecified atom stereocenters. The molecule has 2 rings (SSSR count). The van der Waals surface area contributed by atoms with Gasteiger partial charge in [-0.15, -0.1) is 0 Å². The Bertz CT molecular complexity index is 372. The van der Waals surface area contributed by atoms with Crippen LogP contribution in [0.1, 0.15) is 36.2 Å². The molecule has 0 bridgehead atoms. The van der Waals surface area contributed by atoms with Crippen molar-refractivity contribution < 1.29 is 5.11 Å². The third kappa shape index (κ3) is 1.58. The Morgan fingerprint density at radius 2 is 2.33 bits per heavy atom. The maximum Gasteiger partial charge on any atom is 0.0944 e. The zero-order valence-corrected chi connectivity index (χ0v) is 9.45. The van der Waals surface area contributed by atoms with E-state index in [1.807, 2.05) is 18.7 Å². The van der Waals surface area contributed by atoms with Gasteiger partial charge in [0.05, 0.1) is 11.3 Å². The molecule has 3 N–H and O–H groups in total. The van der Waals surface area contributed by atoms with Gasteiger partial charge >= 0.3 is 0 Å². The number of hydrogen-bond donors (Lipinski definition) is 2. The van der Waals surface area contributed by atoms with E-state index >= 15 is 0 Å². The van der Waals surface area contributed by atoms with Gasteiger partial charge in [-0.05, 0) is 39.2 Å². The second kappa shape index (κ2) is 3.61. The van der Waals surface area contributed by atoms with Gasteiger partial charge in [-0.3, -0.25) is 4.68 Å². The van der Waals surface area contributed by atoms with Crippen molar-refractivity contribution in [1.82, 2.24) is 9.78 Å². The van der Waals surface area contributed by atoms with Gasteiger partial charge in [-0.1, -0.05) is 0 Å². The van der Waals surface area contributed by atoms with Gasteiger partial charge in [0.1, 0.15) is 0 Å². The molecule has 1 aromatic rings. The van der Waals surface area contributed by atoms with Crippen LogP contribution >= 0.6 is 0 Å². The van der Waals surface area contributed by atoms with Crippen LogP contribution in [-0.4, -0.2) is 21.4 Å². The Hall–Kier alpha value is -0.870. The second-order valence-electron chi connectivity index (χ2n) is 4.45. The molecule has 1 aliphatic carbocycles. The van der Waals surface area contributed by atoms with Crippen molar-refractivity contribution in [2.24, 2.45) is 12.8 Å². The van der Waals surface area contributed by atoms with Gasteiger partial charge in [0, 0.05) is 18.3 Å². The van der Waals surface area contributed by atoms with Crippen molar-refractivity contribution in [3.05, 3.63) is 17.0 Å². The van der Waals surface area contributed by atoms with Crippen molar-refractivity contribution in [2.45, 2.75) is 38.2 Å². The Labute approximate surface area is 90.1 Å². The fraction of sp³-hybridized carbons (Fsp3) is 0.727. The average Bonchev–Trinajstić information content (AvgIpc) is 2.44. The minimum absolute atomic E-state index is 0.518. The third-order valence-corrected chi connectivity index (χ3v) is 3.37. The highest BCUT2D eigenvalue weighted by atomic mass is 16.3. The Kier molecular flexibility index (Phi) is 2.56. The summed E-state index contributed by atoms with van der Waals surface area (Å²) in [4.78, 5) is 0. The van der Waals surface area contributed by atoms with Crippen LogP contribution in [-0.2, 0) is 19.1 Å². The number of hydrogen-bond acceptors (Lipinski definition) is 3. The number of aromatic nitrogens is 2. The molecule has 0 aromatic carbocycles. The van der Waals surface area contributed by atoms with Crippen molar-refractivity contribution >= 4 is 0 Å². The molecule has 0 saturated carbocycles. The largest absolute Gasteiger partial charge is 0.385 e. The normalized spacial score (nSPS) is 25.3. The molecule has 4 heteroatoms. The molecule has 84 valence electrons. The predicted octanol–water partition coefficient (Wildman–Crippen LogP) is 0.601. The van der Waals surface area contributed by atoms with Crippen LogP contribution in [0.15, 0.2) is 0 Å². The summed E-state index contributed by atoms with van der Waals surface area (Å²) in [7, 11) is 1.94. The Morgan fingerprint density at radius 3 is 3.00 bits per heavy atom. The van der Waals surface area contributed by atoms with Crippen molar-refractivity contribution in [1.29, 1.82) is 0 Å². The topological polar surface area (TPSA) is 64.1 Å². The molecule has 0 amide bonds. The molecule has 1 aromatic heterocycles. The number of nitrogens with two attached hydrogens (primary N) is 1. The Morgan fingerprint density at radius 1 is 1.60 bits per heavy atom. The first kappa shape index (κ1) is 10.6. The molecule has 1 heterocycles. The molecule has 15 heavy (non-hydrogen) atoms. The van der Waals surface area contributed by atoms with E-state index in [9.17, 15) is 5.11 Å². The smallest absolute Gasteiger partial charge is 0.0944 e. The summed E-state index contributed by atoms with van der Waals surface area (Å²) in [6, 6.07) is 0. The van der Waals surface area contributed by atoms with E-state index in [0.29, 0.717) is 13.0 Å². The minimum Gasteiger partial charge on any atom is -0.385 e. The van der Waals surface area contributed by atoms with Gasteiger partial charge in [0.25, 0.3) is 0 Å². The summed E-state index contributed by atoms with van der Waals surface area (Å²) in [5.41, 5.74) is 7.99. The van der Waals surface area contributed by atoms with Gasteiger partial charge in [-0.25, -0.2) is 0 Å². The fourth-order valence-corrected chi connectivity index (χ4v) is 2.76. The number of rotatable bonds is 2. The summed E-state index contributed by atoms with van der Waals surface area (Å²) < 4.78 is 1.89. The molecule has 0 radical (unpaired) electrons. The molecular weight excluding hydrogens is 190 g/mol. The summed E-state index contributed by atoms with van der Waals surface area (Å²) in [6.07, 6.45) is 3.47. The molecule has 0 aliphatic heterocycles. The molecule has 0 spiro atoms. The van der Waals surface area contributed by atoms with Crippen LogP contribution in [0, 0.1) is 6.92 Å². The average molecular weight is 209 g/mol. The van der Waals surface area contributed by atoms with Gasteiger partial charge in [0.15, 0.2) is 0 Å². The lowest BCUT2D eigenvalue weighted by atomic mass is 9.79. The summed E-state index contributed by atoms with van der Waals surface area (Å²) in [6.45, 7) is 2.48. The number of fused-ring (bicyclic) bond motifs is 1. The third-order valence-electron chi connectivity index (χ3n) is 3.37. The fourth-order valence-electron chi connectivity index (χ4n) is 2.76. The summed E-state index contributed by atoms with van der Waals surface area (Å²) >= 11 is 0. The molecule has 4 nitrogen and oxygen atoms in total. The SMILES string of the molecule is Cc1nn(C)c2c1C(O)(CCN)CCC2. The number of aryl methyl sites for hydroxylation is 2. The standard InChI is InChI=1S/C11H19N3O/c1-8-10-9(14(2)13-8)4-3-5-11(10,15)6-7-12/h15H,3-7,12H2,1-2H3. The number of nitrogens with zero attached hydrogens (tertiary/aromatic N) is 2. The molecular formula is C11H19N3O. The lowest BCUT2D eigenvalue weighted by molar-refractivity contribution is 0.0115. The van der Waals surface area contributed by atoms with Crippen LogP contribution in [0.5, 0.6) is 0 Å². The molecule has 0 saturated heterocycles. The van der Waals surface area contributed by atoms with Crippen LogP contribution in [0.3, 0.4) is 0 Å². The first-order valence-corrected chi connectivity index (χ1v) is 5.54. The Balaban J connectivity index is 2.50. The first-order chi connectivity index (χ1) is 7.08. The molecule has 1 aliphatic rings. The van der Waals surface area contributed by atoms with Crippen LogP contribution < -0.4 is 5.73 Å². The quantitative estimate of drug-likeness (QED) is 0.749. The van der Waals surface area contributed by atoms with Crippen molar-refractivity contribution in [2.75, 3.05) is 6.54 Å². The highest BCUT2D eigenvalue weighted by molar-refractivity contribution is 5.34. The zero-order chi connectivity index (χ0) is 11.1. The second-order valence-corrected chi connectivity index (χ2v) is 4.45. The summed E-state index contributed by atoms with van der Waals surface area (Å²) in [5.74, 6) is 0. The van der Waals surface area contributed by atoms with Crippen LogP contribution in [0.25, 0.3) is 0 Å². The van der Waals surface area contributed by atoms with E-state index in [4.69, 9.17) is 5.73 Å². The first-order valence-electron chi connectivity index (χ1n) is 5.54. The maximum absolute atomic E-state index is 10.6. The van der Waals surface area contributed by atoms with Crippen LogP contribution in [0.2, 0.25) is 0 Å². The van der Waals surface area contributed by atoms with E-state index in [1.54, 1.807) is 0 Å². The highest BCUT2D eigenvalue weighted by Crippen LogP contribution is 2.39. The monoisotopic (exact) mass is 209 g/mol. The highest BCUT2D eigenvalue weighted by Gasteiger charge is 2.37. The van der Waals surface area contributed by atoms with Gasteiger partial charge < -0.3 is 10.8 Å². The van der Waals surface area contributed by atoms with Crippen molar-refractivity contribution in [3.63, 3.8) is 0 Å². The van der Waals surface area contributed by atoms with Gasteiger partial charge in [0.2, 0.25) is 0 Å². The lowest BCUT2D eigenvalue weighted by Crippen LogP contribution is -2.33. The lowest BCUT2D eigenvalue weighted by Gasteiger charge is -2.32.